The van der Waals surface area contributed by atoms with E-state index in [1.165, 1.54) is 17.8 Å². The molecule has 3 rings (SSSR count). The second kappa shape index (κ2) is 12.2. The molecule has 1 aliphatic rings. The van der Waals surface area contributed by atoms with Crippen molar-refractivity contribution in [3.05, 3.63) is 94.5 Å². The van der Waals surface area contributed by atoms with Crippen molar-refractivity contribution >= 4 is 34.3 Å². The summed E-state index contributed by atoms with van der Waals surface area (Å²) in [7, 11) is 1.70. The van der Waals surface area contributed by atoms with Crippen molar-refractivity contribution in [3.8, 4) is 12.1 Å². The molecule has 1 atom stereocenters. The van der Waals surface area contributed by atoms with Gasteiger partial charge in [-0.3, -0.25) is 14.4 Å². The minimum atomic E-state index is -1.08. The molecule has 10 heteroatoms. The third-order valence-electron chi connectivity index (χ3n) is 5.51. The van der Waals surface area contributed by atoms with E-state index in [1.807, 2.05) is 30.3 Å². The maximum absolute atomic E-state index is 12.9. The van der Waals surface area contributed by atoms with E-state index in [0.717, 1.165) is 16.3 Å². The van der Waals surface area contributed by atoms with Gasteiger partial charge in [0.25, 0.3) is 5.91 Å². The number of benzene rings is 2. The normalized spacial score (nSPS) is 19.7. The molecule has 0 aliphatic carbocycles. The Labute approximate surface area is 219 Å². The number of nitriles is 2. The van der Waals surface area contributed by atoms with Gasteiger partial charge in [0.05, 0.1) is 18.2 Å². The second-order valence-electron chi connectivity index (χ2n) is 8.07. The first-order chi connectivity index (χ1) is 17.8. The summed E-state index contributed by atoms with van der Waals surface area (Å²) in [5.41, 5.74) is 13.1. The molecule has 1 saturated heterocycles. The molecule has 0 spiro atoms. The number of nitrogens with zero attached hydrogens (tertiary/aromatic N) is 3. The Morgan fingerprint density at radius 2 is 1.97 bits per heavy atom. The summed E-state index contributed by atoms with van der Waals surface area (Å²) in [5, 5.41) is 24.8. The highest BCUT2D eigenvalue weighted by Gasteiger charge is 2.41. The summed E-state index contributed by atoms with van der Waals surface area (Å²) < 4.78 is 0. The number of primary amides is 1. The standard InChI is InChI=1S/C27H26N6O3S/c1-3-5-18(14-28)6-4-11-32-26(35)23(15-29)24-16-33(2)36-27(17-30,37-24)22-10-9-19-12-21(25(31)34)8-7-20(19)13-22/h3-10,12-13H,1,11,16-17,30H2,2H3,(H2,31,34)(H,32,35)/b6-4-,18-5+,24-23-. The fourth-order valence-electron chi connectivity index (χ4n) is 3.73. The summed E-state index contributed by atoms with van der Waals surface area (Å²) in [6.07, 6.45) is 6.22. The Morgan fingerprint density at radius 1 is 1.24 bits per heavy atom. The van der Waals surface area contributed by atoms with E-state index in [4.69, 9.17) is 21.6 Å². The number of hydrogen-bond acceptors (Lipinski definition) is 8. The van der Waals surface area contributed by atoms with E-state index in [-0.39, 0.29) is 25.2 Å². The number of hydroxylamine groups is 2. The van der Waals surface area contributed by atoms with Crippen LogP contribution in [-0.4, -0.2) is 43.6 Å². The Bertz CT molecular complexity index is 1420. The van der Waals surface area contributed by atoms with Crippen molar-refractivity contribution in [2.45, 2.75) is 4.93 Å². The van der Waals surface area contributed by atoms with E-state index in [9.17, 15) is 14.9 Å². The molecule has 37 heavy (non-hydrogen) atoms. The molecule has 2 aromatic carbocycles. The van der Waals surface area contributed by atoms with Crippen LogP contribution in [0.1, 0.15) is 15.9 Å². The third-order valence-corrected chi connectivity index (χ3v) is 6.90. The Morgan fingerprint density at radius 3 is 2.62 bits per heavy atom. The zero-order valence-corrected chi connectivity index (χ0v) is 21.0. The van der Waals surface area contributed by atoms with Gasteiger partial charge in [-0.15, -0.1) is 0 Å². The van der Waals surface area contributed by atoms with Crippen LogP contribution in [0.2, 0.25) is 0 Å². The Balaban J connectivity index is 1.90. The monoisotopic (exact) mass is 514 g/mol. The van der Waals surface area contributed by atoms with Crippen molar-refractivity contribution < 1.29 is 14.4 Å². The summed E-state index contributed by atoms with van der Waals surface area (Å²) in [6, 6.07) is 14.7. The van der Waals surface area contributed by atoms with E-state index in [0.29, 0.717) is 16.0 Å². The summed E-state index contributed by atoms with van der Waals surface area (Å²) in [4.78, 5) is 30.0. The number of rotatable bonds is 8. The van der Waals surface area contributed by atoms with Crippen LogP contribution in [0.25, 0.3) is 10.8 Å². The quantitative estimate of drug-likeness (QED) is 0.276. The number of fused-ring (bicyclic) bond motifs is 1. The van der Waals surface area contributed by atoms with Gasteiger partial charge in [-0.1, -0.05) is 48.7 Å². The zero-order chi connectivity index (χ0) is 27.0. The molecule has 9 nitrogen and oxygen atoms in total. The molecular weight excluding hydrogens is 488 g/mol. The topological polar surface area (TPSA) is 158 Å². The number of thioether (sulfide) groups is 1. The SMILES string of the molecule is C=C/C=C(C#N)\C=C/CNC(=O)/C(C#N)=C1/CN(C)OC(CN)(c2ccc3cc(C(N)=O)ccc3c2)S1. The van der Waals surface area contributed by atoms with Crippen LogP contribution in [0, 0.1) is 22.7 Å². The first kappa shape index (κ1) is 27.4. The molecular formula is C27H26N6O3S. The highest BCUT2D eigenvalue weighted by molar-refractivity contribution is 8.04. The fourth-order valence-corrected chi connectivity index (χ4v) is 5.11. The van der Waals surface area contributed by atoms with Gasteiger partial charge < -0.3 is 16.8 Å². The lowest BCUT2D eigenvalue weighted by atomic mass is 10.0. The van der Waals surface area contributed by atoms with Crippen molar-refractivity contribution in [2.75, 3.05) is 26.7 Å². The Hall–Kier alpha value is -4.19. The maximum Gasteiger partial charge on any atom is 0.263 e. The van der Waals surface area contributed by atoms with Gasteiger partial charge >= 0.3 is 0 Å². The van der Waals surface area contributed by atoms with Gasteiger partial charge in [0.1, 0.15) is 11.6 Å². The van der Waals surface area contributed by atoms with Gasteiger partial charge in [-0.2, -0.15) is 15.6 Å². The van der Waals surface area contributed by atoms with Gasteiger partial charge in [-0.25, -0.2) is 0 Å². The van der Waals surface area contributed by atoms with Crippen LogP contribution >= 0.6 is 11.8 Å². The minimum Gasteiger partial charge on any atom is -0.366 e. The van der Waals surface area contributed by atoms with Crippen molar-refractivity contribution in [1.82, 2.24) is 10.4 Å². The molecule has 188 valence electrons. The molecule has 0 radical (unpaired) electrons. The fraction of sp³-hybridized carbons (Fsp3) is 0.185. The molecule has 0 saturated carbocycles. The lowest BCUT2D eigenvalue weighted by Gasteiger charge is -2.41. The van der Waals surface area contributed by atoms with Gasteiger partial charge in [0.15, 0.2) is 4.93 Å². The van der Waals surface area contributed by atoms with E-state index in [1.54, 1.807) is 48.5 Å². The van der Waals surface area contributed by atoms with E-state index >= 15 is 0 Å². The molecule has 2 aromatic rings. The summed E-state index contributed by atoms with van der Waals surface area (Å²) >= 11 is 1.22. The zero-order valence-electron chi connectivity index (χ0n) is 20.2. The van der Waals surface area contributed by atoms with Crippen LogP contribution < -0.4 is 16.8 Å². The average molecular weight is 515 g/mol. The lowest BCUT2D eigenvalue weighted by Crippen LogP contribution is -2.45. The second-order valence-corrected chi connectivity index (χ2v) is 9.43. The summed E-state index contributed by atoms with van der Waals surface area (Å²) in [6.45, 7) is 3.95. The number of hydrogen-bond donors (Lipinski definition) is 3. The summed E-state index contributed by atoms with van der Waals surface area (Å²) in [5.74, 6) is -1.05. The number of nitrogens with one attached hydrogen (secondary N) is 1. The van der Waals surface area contributed by atoms with E-state index in [2.05, 4.69) is 11.9 Å². The smallest absolute Gasteiger partial charge is 0.263 e. The van der Waals surface area contributed by atoms with Gasteiger partial charge in [-0.05, 0) is 46.7 Å². The highest BCUT2D eigenvalue weighted by atomic mass is 32.2. The molecule has 1 heterocycles. The van der Waals surface area contributed by atoms with Crippen LogP contribution in [0.3, 0.4) is 0 Å². The molecule has 1 aliphatic heterocycles. The lowest BCUT2D eigenvalue weighted by molar-refractivity contribution is -0.196. The number of carbonyl (C=O) groups excluding carboxylic acids is 2. The van der Waals surface area contributed by atoms with Crippen LogP contribution in [0.4, 0.5) is 0 Å². The van der Waals surface area contributed by atoms with Gasteiger partial charge in [0, 0.05) is 30.6 Å². The van der Waals surface area contributed by atoms with Gasteiger partial charge in [0.2, 0.25) is 5.91 Å². The highest BCUT2D eigenvalue weighted by Crippen LogP contribution is 2.47. The predicted octanol–water partition coefficient (Wildman–Crippen LogP) is 2.75. The Kier molecular flexibility index (Phi) is 9.01. The van der Waals surface area contributed by atoms with Crippen molar-refractivity contribution in [2.24, 2.45) is 11.5 Å². The van der Waals surface area contributed by atoms with Crippen LogP contribution in [0.5, 0.6) is 0 Å². The largest absolute Gasteiger partial charge is 0.366 e. The minimum absolute atomic E-state index is 0.0413. The van der Waals surface area contributed by atoms with Crippen molar-refractivity contribution in [3.63, 3.8) is 0 Å². The molecule has 2 amide bonds. The maximum atomic E-state index is 12.9. The molecule has 5 N–H and O–H groups in total. The number of likely N-dealkylation sites (N-methyl/N-ethyl adjacent to an activating group) is 1. The third kappa shape index (κ3) is 6.33. The van der Waals surface area contributed by atoms with Crippen LogP contribution in [-0.2, 0) is 14.6 Å². The van der Waals surface area contributed by atoms with Crippen molar-refractivity contribution in [1.29, 1.82) is 10.5 Å². The first-order valence-electron chi connectivity index (χ1n) is 11.2. The number of amides is 2. The number of allylic oxidation sites excluding steroid dienone is 4. The van der Waals surface area contributed by atoms with E-state index < -0.39 is 16.7 Å². The number of nitrogens with two attached hydrogens (primary N) is 2. The molecule has 0 bridgehead atoms. The first-order valence-corrected chi connectivity index (χ1v) is 12.0. The average Bonchev–Trinajstić information content (AvgIpc) is 2.89. The number of carbonyl (C=O) groups is 2. The predicted molar refractivity (Wildman–Crippen MR) is 143 cm³/mol. The molecule has 1 fully saturated rings. The van der Waals surface area contributed by atoms with Crippen LogP contribution in [0.15, 0.2) is 83.3 Å². The molecule has 0 aromatic heterocycles. The molecule has 1 unspecified atom stereocenters.